The van der Waals surface area contributed by atoms with Crippen molar-refractivity contribution in [3.63, 3.8) is 0 Å². The lowest BCUT2D eigenvalue weighted by atomic mass is 9.94. The van der Waals surface area contributed by atoms with Gasteiger partial charge in [0.25, 0.3) is 0 Å². The van der Waals surface area contributed by atoms with Gasteiger partial charge in [0, 0.05) is 12.2 Å². The maximum absolute atomic E-state index is 13.0. The van der Waals surface area contributed by atoms with Crippen LogP contribution in [0.5, 0.6) is 0 Å². The quantitative estimate of drug-likeness (QED) is 0.455. The first-order chi connectivity index (χ1) is 14.2. The van der Waals surface area contributed by atoms with Crippen LogP contribution in [-0.4, -0.2) is 30.9 Å². The van der Waals surface area contributed by atoms with E-state index in [4.69, 9.17) is 19.2 Å². The van der Waals surface area contributed by atoms with Crippen molar-refractivity contribution in [1.29, 1.82) is 0 Å². The zero-order valence-corrected chi connectivity index (χ0v) is 16.4. The van der Waals surface area contributed by atoms with Crippen LogP contribution in [0.2, 0.25) is 0 Å². The first kappa shape index (κ1) is 19.3. The molecule has 3 aromatic rings. The molecule has 0 saturated carbocycles. The number of nitrogens with zero attached hydrogens (tertiary/aromatic N) is 1. The van der Waals surface area contributed by atoms with Gasteiger partial charge in [0.1, 0.15) is 6.04 Å². The van der Waals surface area contributed by atoms with Crippen molar-refractivity contribution in [3.05, 3.63) is 83.9 Å². The number of esters is 1. The normalized spacial score (nSPS) is 20.2. The number of carbonyl (C=O) groups excluding carboxylic acids is 1. The average Bonchev–Trinajstić information content (AvgIpc) is 2.75. The molecule has 0 radical (unpaired) electrons. The zero-order chi connectivity index (χ0) is 20.2. The summed E-state index contributed by atoms with van der Waals surface area (Å²) in [5.41, 5.74) is 1.67. The Hall–Kier alpha value is -3.02. The molecule has 0 N–H and O–H groups in total. The Kier molecular flexibility index (Phi) is 5.69. The number of cyclic esters (lactones) is 1. The fourth-order valence-electron chi connectivity index (χ4n) is 3.57. The summed E-state index contributed by atoms with van der Waals surface area (Å²) in [5, 5.41) is 2.11. The van der Waals surface area contributed by atoms with Gasteiger partial charge in [-0.1, -0.05) is 60.7 Å². The Morgan fingerprint density at radius 3 is 2.52 bits per heavy atom. The molecule has 0 saturated heterocycles. The van der Waals surface area contributed by atoms with E-state index in [1.54, 1.807) is 6.92 Å². The molecule has 0 fully saturated rings. The molecule has 0 aliphatic carbocycles. The van der Waals surface area contributed by atoms with Crippen molar-refractivity contribution in [2.75, 3.05) is 6.61 Å². The number of benzene rings is 3. The second-order valence-corrected chi connectivity index (χ2v) is 6.81. The molecule has 1 heterocycles. The number of carbonyl (C=O) groups is 1. The smallest absolute Gasteiger partial charge is 0.344 e. The highest BCUT2D eigenvalue weighted by Crippen LogP contribution is 2.34. The van der Waals surface area contributed by atoms with Crippen LogP contribution in [0.25, 0.3) is 10.8 Å². The first-order valence-electron chi connectivity index (χ1n) is 9.77. The maximum atomic E-state index is 13.0. The number of ether oxygens (including phenoxy) is 3. The third kappa shape index (κ3) is 4.06. The Morgan fingerprint density at radius 2 is 1.72 bits per heavy atom. The number of fused-ring (bicyclic) bond motifs is 1. The van der Waals surface area contributed by atoms with Crippen molar-refractivity contribution < 1.29 is 19.0 Å². The van der Waals surface area contributed by atoms with E-state index in [0.29, 0.717) is 12.5 Å². The molecule has 4 rings (SSSR count). The third-order valence-corrected chi connectivity index (χ3v) is 4.88. The summed E-state index contributed by atoms with van der Waals surface area (Å²) in [5.74, 6) is -0.166. The summed E-state index contributed by atoms with van der Waals surface area (Å²) in [7, 11) is 0. The van der Waals surface area contributed by atoms with Crippen LogP contribution in [0, 0.1) is 0 Å². The van der Waals surface area contributed by atoms with Gasteiger partial charge in [0.2, 0.25) is 5.90 Å². The Balaban J connectivity index is 1.82. The van der Waals surface area contributed by atoms with Crippen LogP contribution in [0.1, 0.15) is 31.0 Å². The van der Waals surface area contributed by atoms with Gasteiger partial charge in [-0.2, -0.15) is 0 Å². The number of hydrogen-bond donors (Lipinski definition) is 0. The van der Waals surface area contributed by atoms with Crippen molar-refractivity contribution >= 4 is 22.6 Å². The minimum atomic E-state index is -0.894. The first-order valence-corrected chi connectivity index (χ1v) is 9.77. The lowest BCUT2D eigenvalue weighted by Gasteiger charge is -2.30. The van der Waals surface area contributed by atoms with Gasteiger partial charge in [-0.05, 0) is 42.3 Å². The van der Waals surface area contributed by atoms with E-state index >= 15 is 0 Å². The molecule has 29 heavy (non-hydrogen) atoms. The van der Waals surface area contributed by atoms with E-state index in [-0.39, 0.29) is 0 Å². The van der Waals surface area contributed by atoms with Gasteiger partial charge in [0.05, 0.1) is 0 Å². The molecule has 148 valence electrons. The van der Waals surface area contributed by atoms with Crippen LogP contribution < -0.4 is 0 Å². The third-order valence-electron chi connectivity index (χ3n) is 4.88. The summed E-state index contributed by atoms with van der Waals surface area (Å²) in [6.07, 6.45) is -1.45. The van der Waals surface area contributed by atoms with Gasteiger partial charge in [0.15, 0.2) is 12.4 Å². The molecule has 0 aromatic heterocycles. The van der Waals surface area contributed by atoms with Gasteiger partial charge < -0.3 is 14.2 Å². The van der Waals surface area contributed by atoms with Crippen molar-refractivity contribution in [1.82, 2.24) is 0 Å². The van der Waals surface area contributed by atoms with Crippen LogP contribution in [0.3, 0.4) is 0 Å². The molecule has 3 atom stereocenters. The SMILES string of the molecule is CCOC(C)OC1C(=O)OC(c2ccccc2)=NC1c1cccc2ccccc12. The second-order valence-electron chi connectivity index (χ2n) is 6.81. The van der Waals surface area contributed by atoms with Crippen molar-refractivity contribution in [2.24, 2.45) is 4.99 Å². The fraction of sp³-hybridized carbons (Fsp3) is 0.250. The average molecular weight is 389 g/mol. The summed E-state index contributed by atoms with van der Waals surface area (Å²) in [6, 6.07) is 22.9. The summed E-state index contributed by atoms with van der Waals surface area (Å²) in [4.78, 5) is 17.8. The Bertz CT molecular complexity index is 1030. The predicted octanol–water partition coefficient (Wildman–Crippen LogP) is 4.65. The molecule has 0 bridgehead atoms. The van der Waals surface area contributed by atoms with E-state index in [2.05, 4.69) is 0 Å². The van der Waals surface area contributed by atoms with E-state index < -0.39 is 24.4 Å². The largest absolute Gasteiger partial charge is 0.405 e. The molecular weight excluding hydrogens is 366 g/mol. The molecule has 0 spiro atoms. The van der Waals surface area contributed by atoms with Crippen LogP contribution in [0.4, 0.5) is 0 Å². The van der Waals surface area contributed by atoms with E-state index in [0.717, 1.165) is 21.9 Å². The molecule has 5 heteroatoms. The minimum absolute atomic E-state index is 0.303. The van der Waals surface area contributed by atoms with E-state index in [9.17, 15) is 4.79 Å². The van der Waals surface area contributed by atoms with Crippen molar-refractivity contribution in [2.45, 2.75) is 32.3 Å². The number of rotatable bonds is 6. The summed E-state index contributed by atoms with van der Waals surface area (Å²) in [6.45, 7) is 4.14. The Morgan fingerprint density at radius 1 is 1.00 bits per heavy atom. The van der Waals surface area contributed by atoms with Gasteiger partial charge in [-0.3, -0.25) is 0 Å². The zero-order valence-electron chi connectivity index (χ0n) is 16.4. The number of hydrogen-bond acceptors (Lipinski definition) is 5. The lowest BCUT2D eigenvalue weighted by molar-refractivity contribution is -0.187. The van der Waals surface area contributed by atoms with Crippen LogP contribution in [-0.2, 0) is 19.0 Å². The van der Waals surface area contributed by atoms with Gasteiger partial charge in [-0.15, -0.1) is 0 Å². The second kappa shape index (κ2) is 8.55. The Labute approximate surface area is 169 Å². The fourth-order valence-corrected chi connectivity index (χ4v) is 3.57. The number of aliphatic imine (C=N–C) groups is 1. The van der Waals surface area contributed by atoms with Crippen LogP contribution in [0.15, 0.2) is 77.8 Å². The monoisotopic (exact) mass is 389 g/mol. The molecule has 0 amide bonds. The highest BCUT2D eigenvalue weighted by molar-refractivity contribution is 6.03. The van der Waals surface area contributed by atoms with Crippen molar-refractivity contribution in [3.8, 4) is 0 Å². The summed E-state index contributed by atoms with van der Waals surface area (Å²) < 4.78 is 17.0. The van der Waals surface area contributed by atoms with E-state index in [1.165, 1.54) is 0 Å². The highest BCUT2D eigenvalue weighted by Gasteiger charge is 2.39. The lowest BCUT2D eigenvalue weighted by Crippen LogP contribution is -2.40. The molecule has 1 aliphatic heterocycles. The highest BCUT2D eigenvalue weighted by atomic mass is 16.7. The van der Waals surface area contributed by atoms with Crippen LogP contribution >= 0.6 is 0 Å². The molecule has 1 aliphatic rings. The summed E-state index contributed by atoms with van der Waals surface area (Å²) >= 11 is 0. The van der Waals surface area contributed by atoms with Gasteiger partial charge >= 0.3 is 5.97 Å². The van der Waals surface area contributed by atoms with E-state index in [1.807, 2.05) is 79.7 Å². The standard InChI is InChI=1S/C24H23NO4/c1-3-27-16(2)28-22-21(20-15-9-13-17-10-7-8-14-19(17)20)25-23(29-24(22)26)18-11-5-4-6-12-18/h4-16,21-22H,3H2,1-2H3. The predicted molar refractivity (Wildman–Crippen MR) is 112 cm³/mol. The minimum Gasteiger partial charge on any atom is -0.405 e. The molecule has 3 unspecified atom stereocenters. The maximum Gasteiger partial charge on any atom is 0.344 e. The molecule has 3 aromatic carbocycles. The van der Waals surface area contributed by atoms with Gasteiger partial charge in [-0.25, -0.2) is 9.79 Å². The molecule has 5 nitrogen and oxygen atoms in total. The topological polar surface area (TPSA) is 57.1 Å². The molecular formula is C24H23NO4.